The lowest BCUT2D eigenvalue weighted by Crippen LogP contribution is -2.50. The van der Waals surface area contributed by atoms with E-state index < -0.39 is 20.6 Å². The molecule has 1 aromatic rings. The molecule has 0 aromatic carbocycles. The summed E-state index contributed by atoms with van der Waals surface area (Å²) in [5, 5.41) is 4.34. The fourth-order valence-electron chi connectivity index (χ4n) is 1.78. The molecule has 0 saturated heterocycles. The molecule has 0 amide bonds. The van der Waals surface area contributed by atoms with Crippen LogP contribution >= 0.6 is 0 Å². The zero-order chi connectivity index (χ0) is 14.1. The highest BCUT2D eigenvalue weighted by molar-refractivity contribution is 7.92. The summed E-state index contributed by atoms with van der Waals surface area (Å²) in [7, 11) is -3.19. The molecular formula is C12H23N3O2S. The van der Waals surface area contributed by atoms with Gasteiger partial charge >= 0.3 is 0 Å². The third-order valence-electron chi connectivity index (χ3n) is 3.56. The van der Waals surface area contributed by atoms with E-state index in [1.165, 1.54) is 6.26 Å². The van der Waals surface area contributed by atoms with E-state index in [4.69, 9.17) is 5.73 Å². The van der Waals surface area contributed by atoms with Gasteiger partial charge in [0, 0.05) is 31.0 Å². The van der Waals surface area contributed by atoms with E-state index in [9.17, 15) is 8.42 Å². The summed E-state index contributed by atoms with van der Waals surface area (Å²) in [4.78, 5) is 0. The predicted octanol–water partition coefficient (Wildman–Crippen LogP) is 0.904. The topological polar surface area (TPSA) is 78.0 Å². The number of nitrogens with two attached hydrogens (primary N) is 1. The average molecular weight is 273 g/mol. The number of aryl methyl sites for hydroxylation is 2. The van der Waals surface area contributed by atoms with Gasteiger partial charge in [0.2, 0.25) is 0 Å². The third kappa shape index (κ3) is 2.92. The van der Waals surface area contributed by atoms with Crippen molar-refractivity contribution in [2.75, 3.05) is 6.26 Å². The standard InChI is InChI=1S/C12H23N3O2S/c1-6-15-10(7-9(2)14-15)8-11(13)12(3,4)18(5,16)17/h7,11H,6,8,13H2,1-5H3. The molecule has 0 fully saturated rings. The minimum Gasteiger partial charge on any atom is -0.326 e. The zero-order valence-corrected chi connectivity index (χ0v) is 12.6. The van der Waals surface area contributed by atoms with Crippen molar-refractivity contribution in [1.82, 2.24) is 9.78 Å². The molecule has 104 valence electrons. The Hall–Kier alpha value is -0.880. The molecule has 0 aliphatic heterocycles. The van der Waals surface area contributed by atoms with Gasteiger partial charge in [-0.1, -0.05) is 0 Å². The van der Waals surface area contributed by atoms with Gasteiger partial charge in [-0.15, -0.1) is 0 Å². The van der Waals surface area contributed by atoms with E-state index in [0.717, 1.165) is 17.9 Å². The van der Waals surface area contributed by atoms with Crippen LogP contribution in [-0.2, 0) is 22.8 Å². The van der Waals surface area contributed by atoms with Crippen molar-refractivity contribution in [3.63, 3.8) is 0 Å². The molecule has 1 unspecified atom stereocenters. The summed E-state index contributed by atoms with van der Waals surface area (Å²) in [6, 6.07) is 1.51. The van der Waals surface area contributed by atoms with Crippen LogP contribution in [0.4, 0.5) is 0 Å². The normalized spacial score (nSPS) is 14.8. The lowest BCUT2D eigenvalue weighted by molar-refractivity contribution is 0.468. The number of nitrogens with zero attached hydrogens (tertiary/aromatic N) is 2. The molecule has 1 atom stereocenters. The van der Waals surface area contributed by atoms with Gasteiger partial charge in [-0.3, -0.25) is 4.68 Å². The van der Waals surface area contributed by atoms with Crippen LogP contribution in [0.2, 0.25) is 0 Å². The zero-order valence-electron chi connectivity index (χ0n) is 11.8. The first-order chi connectivity index (χ1) is 8.09. The summed E-state index contributed by atoms with van der Waals surface area (Å²) in [5.41, 5.74) is 7.99. The average Bonchev–Trinajstić information content (AvgIpc) is 2.56. The smallest absolute Gasteiger partial charge is 0.154 e. The quantitative estimate of drug-likeness (QED) is 0.864. The van der Waals surface area contributed by atoms with Crippen LogP contribution in [0, 0.1) is 6.92 Å². The van der Waals surface area contributed by atoms with Crippen LogP contribution in [0.1, 0.15) is 32.2 Å². The molecule has 2 N–H and O–H groups in total. The first-order valence-electron chi connectivity index (χ1n) is 6.08. The van der Waals surface area contributed by atoms with Crippen molar-refractivity contribution in [1.29, 1.82) is 0 Å². The van der Waals surface area contributed by atoms with Gasteiger partial charge in [-0.2, -0.15) is 5.10 Å². The van der Waals surface area contributed by atoms with Crippen LogP contribution in [0.15, 0.2) is 6.07 Å². The molecule has 1 heterocycles. The molecule has 5 nitrogen and oxygen atoms in total. The SMILES string of the molecule is CCn1nc(C)cc1CC(N)C(C)(C)S(C)(=O)=O. The first-order valence-corrected chi connectivity index (χ1v) is 7.97. The molecule has 0 aliphatic rings. The Morgan fingerprint density at radius 3 is 2.50 bits per heavy atom. The van der Waals surface area contributed by atoms with Crippen LogP contribution in [0.25, 0.3) is 0 Å². The largest absolute Gasteiger partial charge is 0.326 e. The van der Waals surface area contributed by atoms with Crippen LogP contribution in [-0.4, -0.2) is 35.2 Å². The molecular weight excluding hydrogens is 250 g/mol. The van der Waals surface area contributed by atoms with E-state index in [1.54, 1.807) is 13.8 Å². The van der Waals surface area contributed by atoms with Crippen molar-refractivity contribution in [2.24, 2.45) is 5.73 Å². The first kappa shape index (κ1) is 15.2. The van der Waals surface area contributed by atoms with Gasteiger partial charge in [0.1, 0.15) is 0 Å². The van der Waals surface area contributed by atoms with Gasteiger partial charge in [-0.25, -0.2) is 8.42 Å². The Morgan fingerprint density at radius 2 is 2.06 bits per heavy atom. The maximum atomic E-state index is 11.7. The van der Waals surface area contributed by atoms with Crippen molar-refractivity contribution in [3.05, 3.63) is 17.5 Å². The van der Waals surface area contributed by atoms with Crippen molar-refractivity contribution >= 4 is 9.84 Å². The van der Waals surface area contributed by atoms with Gasteiger partial charge in [0.05, 0.1) is 10.4 Å². The molecule has 18 heavy (non-hydrogen) atoms. The molecule has 0 saturated carbocycles. The Balaban J connectivity index is 2.97. The monoisotopic (exact) mass is 273 g/mol. The van der Waals surface area contributed by atoms with E-state index in [2.05, 4.69) is 5.10 Å². The molecule has 0 spiro atoms. The highest BCUT2D eigenvalue weighted by atomic mass is 32.2. The highest BCUT2D eigenvalue weighted by Crippen LogP contribution is 2.21. The molecule has 6 heteroatoms. The molecule has 0 radical (unpaired) electrons. The summed E-state index contributed by atoms with van der Waals surface area (Å²) in [6.07, 6.45) is 1.74. The minimum atomic E-state index is -3.19. The van der Waals surface area contributed by atoms with Crippen LogP contribution in [0.5, 0.6) is 0 Å². The lowest BCUT2D eigenvalue weighted by atomic mass is 9.99. The number of sulfone groups is 1. The summed E-state index contributed by atoms with van der Waals surface area (Å²) >= 11 is 0. The molecule has 0 bridgehead atoms. The molecule has 1 rings (SSSR count). The number of hydrogen-bond donors (Lipinski definition) is 1. The fourth-order valence-corrected chi connectivity index (χ4v) is 2.42. The Bertz CT molecular complexity index is 517. The highest BCUT2D eigenvalue weighted by Gasteiger charge is 2.37. The van der Waals surface area contributed by atoms with Crippen molar-refractivity contribution in [3.8, 4) is 0 Å². The summed E-state index contributed by atoms with van der Waals surface area (Å²) in [6.45, 7) is 8.03. The second-order valence-corrected chi connectivity index (χ2v) is 7.88. The van der Waals surface area contributed by atoms with Crippen LogP contribution in [0.3, 0.4) is 0 Å². The van der Waals surface area contributed by atoms with Crippen molar-refractivity contribution < 1.29 is 8.42 Å². The molecule has 1 aromatic heterocycles. The van der Waals surface area contributed by atoms with E-state index >= 15 is 0 Å². The number of aromatic nitrogens is 2. The number of hydrogen-bond acceptors (Lipinski definition) is 4. The maximum Gasteiger partial charge on any atom is 0.154 e. The van der Waals surface area contributed by atoms with Gasteiger partial charge in [-0.05, 0) is 33.8 Å². The summed E-state index contributed by atoms with van der Waals surface area (Å²) in [5.74, 6) is 0. The van der Waals surface area contributed by atoms with Gasteiger partial charge in [0.25, 0.3) is 0 Å². The second kappa shape index (κ2) is 5.01. The molecule has 0 aliphatic carbocycles. The van der Waals surface area contributed by atoms with Gasteiger partial charge in [0.15, 0.2) is 9.84 Å². The Kier molecular flexibility index (Phi) is 4.23. The minimum absolute atomic E-state index is 0.450. The van der Waals surface area contributed by atoms with E-state index in [0.29, 0.717) is 6.42 Å². The fraction of sp³-hybridized carbons (Fsp3) is 0.750. The predicted molar refractivity (Wildman–Crippen MR) is 73.2 cm³/mol. The van der Waals surface area contributed by atoms with E-state index in [-0.39, 0.29) is 0 Å². The van der Waals surface area contributed by atoms with Crippen LogP contribution < -0.4 is 5.73 Å². The summed E-state index contributed by atoms with van der Waals surface area (Å²) < 4.78 is 24.4. The maximum absolute atomic E-state index is 11.7. The second-order valence-electron chi connectivity index (χ2n) is 5.28. The Morgan fingerprint density at radius 1 is 1.50 bits per heavy atom. The van der Waals surface area contributed by atoms with Gasteiger partial charge < -0.3 is 5.73 Å². The third-order valence-corrected chi connectivity index (χ3v) is 5.78. The Labute approximate surface area is 109 Å². The van der Waals surface area contributed by atoms with E-state index in [1.807, 2.05) is 24.6 Å². The van der Waals surface area contributed by atoms with Crippen molar-refractivity contribution in [2.45, 2.75) is 51.4 Å². The number of rotatable bonds is 5. The lowest BCUT2D eigenvalue weighted by Gasteiger charge is -2.29.